The number of thiocarbonyl (C=S) groups is 1. The molecule has 0 bridgehead atoms. The highest BCUT2D eigenvalue weighted by atomic mass is 35.5. The molecule has 2 amide bonds. The van der Waals surface area contributed by atoms with Gasteiger partial charge in [0.05, 0.1) is 16.3 Å². The van der Waals surface area contributed by atoms with Crippen LogP contribution in [0, 0.1) is 17.0 Å². The zero-order chi connectivity index (χ0) is 24.1. The molecule has 0 aromatic heterocycles. The van der Waals surface area contributed by atoms with E-state index in [0.717, 1.165) is 5.69 Å². The molecular formula is C22H24ClN5O4S. The quantitative estimate of drug-likeness (QED) is 0.374. The molecule has 0 radical (unpaired) electrons. The predicted molar refractivity (Wildman–Crippen MR) is 132 cm³/mol. The van der Waals surface area contributed by atoms with Gasteiger partial charge in [0.2, 0.25) is 5.91 Å². The van der Waals surface area contributed by atoms with Crippen molar-refractivity contribution in [2.24, 2.45) is 0 Å². The molecule has 11 heteroatoms. The maximum Gasteiger partial charge on any atom is 0.273 e. The SMILES string of the molecule is CCC(=O)N1CCN(c2ccc(Cl)cc2NC(=S)NC(=O)c2ccc(C)c([N+](=O)[O-])c2)CC1. The maximum absolute atomic E-state index is 12.6. The van der Waals surface area contributed by atoms with E-state index in [4.69, 9.17) is 23.8 Å². The van der Waals surface area contributed by atoms with E-state index in [1.54, 1.807) is 19.1 Å². The zero-order valence-corrected chi connectivity index (χ0v) is 19.8. The van der Waals surface area contributed by atoms with Gasteiger partial charge in [-0.1, -0.05) is 24.6 Å². The number of hydrogen-bond acceptors (Lipinski definition) is 6. The highest BCUT2D eigenvalue weighted by Crippen LogP contribution is 2.30. The van der Waals surface area contributed by atoms with E-state index in [1.165, 1.54) is 18.2 Å². The topological polar surface area (TPSA) is 108 Å². The third kappa shape index (κ3) is 5.96. The van der Waals surface area contributed by atoms with Crippen molar-refractivity contribution >= 4 is 57.8 Å². The van der Waals surface area contributed by atoms with Crippen molar-refractivity contribution in [1.29, 1.82) is 0 Å². The summed E-state index contributed by atoms with van der Waals surface area (Å²) in [6.45, 7) is 5.97. The van der Waals surface area contributed by atoms with Gasteiger partial charge in [-0.05, 0) is 43.4 Å². The van der Waals surface area contributed by atoms with Gasteiger partial charge in [0.1, 0.15) is 0 Å². The minimum Gasteiger partial charge on any atom is -0.366 e. The van der Waals surface area contributed by atoms with Crippen molar-refractivity contribution in [2.75, 3.05) is 36.4 Å². The highest BCUT2D eigenvalue weighted by Gasteiger charge is 2.22. The third-order valence-electron chi connectivity index (χ3n) is 5.38. The molecule has 0 saturated carbocycles. The fourth-order valence-corrected chi connectivity index (χ4v) is 3.96. The molecule has 1 saturated heterocycles. The summed E-state index contributed by atoms with van der Waals surface area (Å²) in [5.41, 5.74) is 1.89. The normalized spacial score (nSPS) is 13.4. The van der Waals surface area contributed by atoms with Crippen LogP contribution in [0.2, 0.25) is 5.02 Å². The summed E-state index contributed by atoms with van der Waals surface area (Å²) in [6, 6.07) is 9.56. The summed E-state index contributed by atoms with van der Waals surface area (Å²) < 4.78 is 0. The van der Waals surface area contributed by atoms with Crippen LogP contribution in [-0.4, -0.2) is 52.9 Å². The Hall–Kier alpha value is -3.24. The number of piperazine rings is 1. The molecule has 9 nitrogen and oxygen atoms in total. The van der Waals surface area contributed by atoms with Gasteiger partial charge in [0.15, 0.2) is 5.11 Å². The van der Waals surface area contributed by atoms with Gasteiger partial charge in [-0.25, -0.2) is 0 Å². The first-order valence-electron chi connectivity index (χ1n) is 10.4. The Labute approximate surface area is 201 Å². The van der Waals surface area contributed by atoms with Crippen LogP contribution in [0.15, 0.2) is 36.4 Å². The van der Waals surface area contributed by atoms with E-state index in [1.807, 2.05) is 17.9 Å². The van der Waals surface area contributed by atoms with E-state index >= 15 is 0 Å². The minimum absolute atomic E-state index is 0.0338. The first-order valence-corrected chi connectivity index (χ1v) is 11.2. The molecule has 33 heavy (non-hydrogen) atoms. The Bertz CT molecular complexity index is 1100. The van der Waals surface area contributed by atoms with Gasteiger partial charge in [-0.2, -0.15) is 0 Å². The first-order chi connectivity index (χ1) is 15.7. The number of nitro benzene ring substituents is 1. The maximum atomic E-state index is 12.6. The molecule has 1 heterocycles. The zero-order valence-electron chi connectivity index (χ0n) is 18.3. The first kappa shape index (κ1) is 24.4. The second kappa shape index (κ2) is 10.6. The number of hydrogen-bond donors (Lipinski definition) is 2. The second-order valence-corrected chi connectivity index (χ2v) is 8.39. The number of halogens is 1. The molecule has 0 spiro atoms. The van der Waals surface area contributed by atoms with Gasteiger partial charge >= 0.3 is 0 Å². The lowest BCUT2D eigenvalue weighted by atomic mass is 10.1. The van der Waals surface area contributed by atoms with Crippen LogP contribution >= 0.6 is 23.8 Å². The number of carbonyl (C=O) groups is 2. The van der Waals surface area contributed by atoms with E-state index in [9.17, 15) is 19.7 Å². The van der Waals surface area contributed by atoms with Gasteiger partial charge in [-0.15, -0.1) is 0 Å². The number of nitrogens with one attached hydrogen (secondary N) is 2. The van der Waals surface area contributed by atoms with Crippen LogP contribution < -0.4 is 15.5 Å². The largest absolute Gasteiger partial charge is 0.366 e. The summed E-state index contributed by atoms with van der Waals surface area (Å²) >= 11 is 11.5. The summed E-state index contributed by atoms with van der Waals surface area (Å²) in [7, 11) is 0. The smallest absolute Gasteiger partial charge is 0.273 e. The molecule has 174 valence electrons. The lowest BCUT2D eigenvalue weighted by Gasteiger charge is -2.37. The van der Waals surface area contributed by atoms with Crippen LogP contribution in [0.1, 0.15) is 29.3 Å². The summed E-state index contributed by atoms with van der Waals surface area (Å²) in [5.74, 6) is -0.435. The van der Waals surface area contributed by atoms with Gasteiger partial charge in [0.25, 0.3) is 11.6 Å². The molecule has 1 aliphatic rings. The second-order valence-electron chi connectivity index (χ2n) is 7.55. The molecule has 0 aliphatic carbocycles. The van der Waals surface area contributed by atoms with Crippen LogP contribution in [0.3, 0.4) is 0 Å². The number of nitro groups is 1. The molecule has 0 unspecified atom stereocenters. The fraction of sp³-hybridized carbons (Fsp3) is 0.318. The average molecular weight is 490 g/mol. The van der Waals surface area contributed by atoms with Gasteiger partial charge in [-0.3, -0.25) is 25.0 Å². The number of amides is 2. The number of benzene rings is 2. The van der Waals surface area contributed by atoms with Crippen LogP contribution in [-0.2, 0) is 4.79 Å². The summed E-state index contributed by atoms with van der Waals surface area (Å²) in [5, 5.41) is 17.2. The third-order valence-corrected chi connectivity index (χ3v) is 5.82. The number of aryl methyl sites for hydroxylation is 1. The lowest BCUT2D eigenvalue weighted by Crippen LogP contribution is -2.48. The van der Waals surface area contributed by atoms with Crippen molar-refractivity contribution < 1.29 is 14.5 Å². The van der Waals surface area contributed by atoms with Crippen LogP contribution in [0.4, 0.5) is 17.1 Å². The van der Waals surface area contributed by atoms with Crippen molar-refractivity contribution in [2.45, 2.75) is 20.3 Å². The molecule has 1 fully saturated rings. The molecular weight excluding hydrogens is 466 g/mol. The Kier molecular flexibility index (Phi) is 7.83. The van der Waals surface area contributed by atoms with Crippen LogP contribution in [0.5, 0.6) is 0 Å². The molecule has 1 aliphatic heterocycles. The number of anilines is 2. The molecule has 2 N–H and O–H groups in total. The van der Waals surface area contributed by atoms with E-state index in [2.05, 4.69) is 15.5 Å². The summed E-state index contributed by atoms with van der Waals surface area (Å²) in [6.07, 6.45) is 0.478. The van der Waals surface area contributed by atoms with E-state index in [-0.39, 0.29) is 22.3 Å². The Morgan fingerprint density at radius 1 is 1.15 bits per heavy atom. The summed E-state index contributed by atoms with van der Waals surface area (Å²) in [4.78, 5) is 39.1. The van der Waals surface area contributed by atoms with Gasteiger partial charge in [0, 0.05) is 54.8 Å². The van der Waals surface area contributed by atoms with Crippen molar-refractivity contribution in [3.63, 3.8) is 0 Å². The Morgan fingerprint density at radius 2 is 1.85 bits per heavy atom. The van der Waals surface area contributed by atoms with Crippen molar-refractivity contribution in [3.05, 3.63) is 62.7 Å². The number of carbonyl (C=O) groups excluding carboxylic acids is 2. The number of rotatable bonds is 5. The minimum atomic E-state index is -0.564. The van der Waals surface area contributed by atoms with Crippen LogP contribution in [0.25, 0.3) is 0 Å². The fourth-order valence-electron chi connectivity index (χ4n) is 3.58. The average Bonchev–Trinajstić information content (AvgIpc) is 2.78. The van der Waals surface area contributed by atoms with E-state index in [0.29, 0.717) is 48.9 Å². The monoisotopic (exact) mass is 489 g/mol. The molecule has 0 atom stereocenters. The van der Waals surface area contributed by atoms with E-state index < -0.39 is 10.8 Å². The highest BCUT2D eigenvalue weighted by molar-refractivity contribution is 7.80. The van der Waals surface area contributed by atoms with Gasteiger partial charge < -0.3 is 15.1 Å². The standard InChI is InChI=1S/C22H24ClN5O4S/c1-3-20(29)27-10-8-26(9-11-27)18-7-6-16(23)13-17(18)24-22(33)25-21(30)15-5-4-14(2)19(12-15)28(31)32/h4-7,12-13H,3,8-11H2,1-2H3,(H2,24,25,30,33). The molecule has 2 aromatic carbocycles. The number of nitrogens with zero attached hydrogens (tertiary/aromatic N) is 3. The lowest BCUT2D eigenvalue weighted by molar-refractivity contribution is -0.385. The molecule has 2 aromatic rings. The van der Waals surface area contributed by atoms with Crippen molar-refractivity contribution in [3.8, 4) is 0 Å². The molecule has 3 rings (SSSR count). The predicted octanol–water partition coefficient (Wildman–Crippen LogP) is 3.74. The Morgan fingerprint density at radius 3 is 2.48 bits per heavy atom. The van der Waals surface area contributed by atoms with Crippen molar-refractivity contribution in [1.82, 2.24) is 10.2 Å². The Balaban J connectivity index is 1.71.